The van der Waals surface area contributed by atoms with Gasteiger partial charge in [-0.15, -0.1) is 0 Å². The van der Waals surface area contributed by atoms with Crippen molar-refractivity contribution >= 4 is 12.0 Å². The van der Waals surface area contributed by atoms with Crippen LogP contribution in [0.15, 0.2) is 0 Å². The largest absolute Gasteiger partial charge is 0.481 e. The van der Waals surface area contributed by atoms with Gasteiger partial charge in [0.15, 0.2) is 0 Å². The zero-order valence-corrected chi connectivity index (χ0v) is 14.2. The summed E-state index contributed by atoms with van der Waals surface area (Å²) in [5, 5.41) is 14.5. The summed E-state index contributed by atoms with van der Waals surface area (Å²) < 4.78 is 0. The smallest absolute Gasteiger partial charge is 0.315 e. The van der Waals surface area contributed by atoms with E-state index in [1.165, 1.54) is 0 Å². The van der Waals surface area contributed by atoms with E-state index >= 15 is 0 Å². The highest BCUT2D eigenvalue weighted by atomic mass is 16.4. The molecule has 0 heterocycles. The number of hydrogen-bond donors (Lipinski definition) is 3. The molecule has 1 unspecified atom stereocenters. The Morgan fingerprint density at radius 1 is 1.14 bits per heavy atom. The molecule has 0 aliphatic heterocycles. The van der Waals surface area contributed by atoms with Gasteiger partial charge in [0.25, 0.3) is 0 Å². The number of urea groups is 1. The van der Waals surface area contributed by atoms with Gasteiger partial charge in [0.2, 0.25) is 0 Å². The second kappa shape index (κ2) is 9.64. The van der Waals surface area contributed by atoms with Gasteiger partial charge in [-0.3, -0.25) is 4.79 Å². The van der Waals surface area contributed by atoms with Gasteiger partial charge in [-0.05, 0) is 31.1 Å². The van der Waals surface area contributed by atoms with E-state index in [0.29, 0.717) is 18.9 Å². The first-order valence-corrected chi connectivity index (χ1v) is 7.98. The standard InChI is InChI=1S/C16H32N2O3/c1-6-13(7-2)12(3)18-15(21)17-11-10-16(4,5)9-8-14(19)20/h12-13H,6-11H2,1-5H3,(H,19,20)(H2,17,18,21). The highest BCUT2D eigenvalue weighted by molar-refractivity contribution is 5.74. The summed E-state index contributed by atoms with van der Waals surface area (Å²) in [4.78, 5) is 22.4. The van der Waals surface area contributed by atoms with Gasteiger partial charge < -0.3 is 15.7 Å². The van der Waals surface area contributed by atoms with E-state index in [0.717, 1.165) is 19.3 Å². The molecule has 0 aromatic rings. The van der Waals surface area contributed by atoms with Crippen molar-refractivity contribution in [3.05, 3.63) is 0 Å². The summed E-state index contributed by atoms with van der Waals surface area (Å²) in [5.41, 5.74) is -0.0767. The number of carboxylic acids is 1. The highest BCUT2D eigenvalue weighted by Gasteiger charge is 2.20. The summed E-state index contributed by atoms with van der Waals surface area (Å²) in [6.07, 6.45) is 3.67. The van der Waals surface area contributed by atoms with E-state index in [2.05, 4.69) is 24.5 Å². The van der Waals surface area contributed by atoms with Crippen LogP contribution < -0.4 is 10.6 Å². The van der Waals surface area contributed by atoms with Crippen LogP contribution in [0.1, 0.15) is 66.7 Å². The number of rotatable bonds is 10. The number of carbonyl (C=O) groups excluding carboxylic acids is 1. The number of hydrogen-bond acceptors (Lipinski definition) is 2. The SMILES string of the molecule is CCC(CC)C(C)NC(=O)NCCC(C)(C)CCC(=O)O. The summed E-state index contributed by atoms with van der Waals surface area (Å²) in [7, 11) is 0. The maximum Gasteiger partial charge on any atom is 0.315 e. The minimum atomic E-state index is -0.771. The average Bonchev–Trinajstić information content (AvgIpc) is 2.37. The molecule has 5 nitrogen and oxygen atoms in total. The van der Waals surface area contributed by atoms with Crippen LogP contribution in [0.5, 0.6) is 0 Å². The van der Waals surface area contributed by atoms with Crippen molar-refractivity contribution in [2.45, 2.75) is 72.8 Å². The average molecular weight is 300 g/mol. The molecule has 2 amide bonds. The van der Waals surface area contributed by atoms with Crippen LogP contribution in [0.3, 0.4) is 0 Å². The molecule has 0 fully saturated rings. The van der Waals surface area contributed by atoms with Crippen LogP contribution in [0, 0.1) is 11.3 Å². The zero-order chi connectivity index (χ0) is 16.5. The lowest BCUT2D eigenvalue weighted by Gasteiger charge is -2.25. The monoisotopic (exact) mass is 300 g/mol. The molecule has 3 N–H and O–H groups in total. The van der Waals surface area contributed by atoms with E-state index in [1.807, 2.05) is 20.8 Å². The predicted molar refractivity (Wildman–Crippen MR) is 85.3 cm³/mol. The zero-order valence-electron chi connectivity index (χ0n) is 14.2. The van der Waals surface area contributed by atoms with Crippen molar-refractivity contribution < 1.29 is 14.7 Å². The van der Waals surface area contributed by atoms with E-state index < -0.39 is 5.97 Å². The minimum absolute atomic E-state index is 0.0767. The van der Waals surface area contributed by atoms with Gasteiger partial charge in [0.05, 0.1) is 0 Å². The fourth-order valence-corrected chi connectivity index (χ4v) is 2.46. The van der Waals surface area contributed by atoms with Crippen LogP contribution in [-0.4, -0.2) is 29.7 Å². The topological polar surface area (TPSA) is 78.4 Å². The van der Waals surface area contributed by atoms with Gasteiger partial charge in [-0.2, -0.15) is 0 Å². The Hall–Kier alpha value is -1.26. The van der Waals surface area contributed by atoms with Gasteiger partial charge in [0, 0.05) is 19.0 Å². The highest BCUT2D eigenvalue weighted by Crippen LogP contribution is 2.25. The second-order valence-corrected chi connectivity index (χ2v) is 6.57. The number of aliphatic carboxylic acids is 1. The molecule has 124 valence electrons. The predicted octanol–water partition coefficient (Wildman–Crippen LogP) is 3.39. The minimum Gasteiger partial charge on any atom is -0.481 e. The van der Waals surface area contributed by atoms with Gasteiger partial charge in [-0.1, -0.05) is 40.5 Å². The van der Waals surface area contributed by atoms with E-state index in [-0.39, 0.29) is 23.9 Å². The van der Waals surface area contributed by atoms with Crippen molar-refractivity contribution in [2.24, 2.45) is 11.3 Å². The van der Waals surface area contributed by atoms with Crippen molar-refractivity contribution in [1.82, 2.24) is 10.6 Å². The number of amides is 2. The van der Waals surface area contributed by atoms with Gasteiger partial charge >= 0.3 is 12.0 Å². The summed E-state index contributed by atoms with van der Waals surface area (Å²) >= 11 is 0. The first-order chi connectivity index (χ1) is 9.71. The quantitative estimate of drug-likeness (QED) is 0.578. The lowest BCUT2D eigenvalue weighted by molar-refractivity contribution is -0.137. The van der Waals surface area contributed by atoms with E-state index in [1.54, 1.807) is 0 Å². The molecular weight excluding hydrogens is 268 g/mol. The van der Waals surface area contributed by atoms with E-state index in [9.17, 15) is 9.59 Å². The fraction of sp³-hybridized carbons (Fsp3) is 0.875. The Bertz CT molecular complexity index is 325. The lowest BCUT2D eigenvalue weighted by Crippen LogP contribution is -2.44. The van der Waals surface area contributed by atoms with Crippen molar-refractivity contribution in [3.63, 3.8) is 0 Å². The van der Waals surface area contributed by atoms with Crippen molar-refractivity contribution in [3.8, 4) is 0 Å². The van der Waals surface area contributed by atoms with Crippen LogP contribution in [0.2, 0.25) is 0 Å². The number of carboxylic acid groups (broad SMARTS) is 1. The molecule has 5 heteroatoms. The van der Waals surface area contributed by atoms with Crippen LogP contribution >= 0.6 is 0 Å². The molecule has 0 rings (SSSR count). The number of carbonyl (C=O) groups is 2. The summed E-state index contributed by atoms with van der Waals surface area (Å²) in [5.74, 6) is -0.268. The molecule has 0 saturated heterocycles. The molecule has 0 aromatic carbocycles. The van der Waals surface area contributed by atoms with Gasteiger partial charge in [0.1, 0.15) is 0 Å². The maximum atomic E-state index is 11.8. The first-order valence-electron chi connectivity index (χ1n) is 7.98. The molecule has 0 bridgehead atoms. The first kappa shape index (κ1) is 19.7. The molecule has 0 radical (unpaired) electrons. The van der Waals surface area contributed by atoms with Crippen LogP contribution in [0.4, 0.5) is 4.79 Å². The molecule has 0 aromatic heterocycles. The van der Waals surface area contributed by atoms with Crippen molar-refractivity contribution in [2.75, 3.05) is 6.54 Å². The molecule has 1 atom stereocenters. The molecule has 0 spiro atoms. The lowest BCUT2D eigenvalue weighted by atomic mass is 9.84. The summed E-state index contributed by atoms with van der Waals surface area (Å²) in [6.45, 7) is 10.9. The normalized spacial score (nSPS) is 13.0. The number of nitrogens with one attached hydrogen (secondary N) is 2. The summed E-state index contributed by atoms with van der Waals surface area (Å²) in [6, 6.07) is 0.0310. The molecule has 0 saturated carbocycles. The Kier molecular flexibility index (Phi) is 9.06. The molecule has 21 heavy (non-hydrogen) atoms. The molecule has 0 aliphatic rings. The van der Waals surface area contributed by atoms with Crippen molar-refractivity contribution in [1.29, 1.82) is 0 Å². The second-order valence-electron chi connectivity index (χ2n) is 6.57. The van der Waals surface area contributed by atoms with Crippen LogP contribution in [0.25, 0.3) is 0 Å². The third-order valence-electron chi connectivity index (χ3n) is 4.22. The van der Waals surface area contributed by atoms with Gasteiger partial charge in [-0.25, -0.2) is 4.79 Å². The Morgan fingerprint density at radius 3 is 2.19 bits per heavy atom. The third-order valence-corrected chi connectivity index (χ3v) is 4.22. The third kappa shape index (κ3) is 9.32. The van der Waals surface area contributed by atoms with E-state index in [4.69, 9.17) is 5.11 Å². The Morgan fingerprint density at radius 2 is 1.71 bits per heavy atom. The molecular formula is C16H32N2O3. The Labute approximate surface area is 128 Å². The maximum absolute atomic E-state index is 11.8. The Balaban J connectivity index is 4.00. The van der Waals surface area contributed by atoms with Crippen LogP contribution in [-0.2, 0) is 4.79 Å². The molecule has 0 aliphatic carbocycles. The fourth-order valence-electron chi connectivity index (χ4n) is 2.46.